The SMILES string of the molecule is CC(C)(C)C(O)CNCc1cc(Br)ccc1O. The van der Waals surface area contributed by atoms with E-state index in [2.05, 4.69) is 21.2 Å². The van der Waals surface area contributed by atoms with Crippen LogP contribution >= 0.6 is 15.9 Å². The lowest BCUT2D eigenvalue weighted by molar-refractivity contribution is 0.0627. The van der Waals surface area contributed by atoms with Crippen LogP contribution < -0.4 is 5.32 Å². The molecule has 4 heteroatoms. The smallest absolute Gasteiger partial charge is 0.120 e. The summed E-state index contributed by atoms with van der Waals surface area (Å²) < 4.78 is 0.934. The van der Waals surface area contributed by atoms with E-state index in [-0.39, 0.29) is 11.2 Å². The van der Waals surface area contributed by atoms with Gasteiger partial charge >= 0.3 is 0 Å². The molecule has 1 unspecified atom stereocenters. The molecule has 1 aromatic carbocycles. The maximum atomic E-state index is 9.85. The highest BCUT2D eigenvalue weighted by Crippen LogP contribution is 2.22. The highest BCUT2D eigenvalue weighted by atomic mass is 79.9. The number of hydrogen-bond donors (Lipinski definition) is 3. The summed E-state index contributed by atoms with van der Waals surface area (Å²) >= 11 is 3.36. The minimum atomic E-state index is -0.406. The van der Waals surface area contributed by atoms with Crippen molar-refractivity contribution in [2.45, 2.75) is 33.4 Å². The second kappa shape index (κ2) is 5.85. The van der Waals surface area contributed by atoms with Crippen molar-refractivity contribution in [3.05, 3.63) is 28.2 Å². The van der Waals surface area contributed by atoms with Crippen molar-refractivity contribution in [1.82, 2.24) is 5.32 Å². The zero-order chi connectivity index (χ0) is 13.1. The van der Waals surface area contributed by atoms with Crippen LogP contribution in [-0.4, -0.2) is 22.9 Å². The van der Waals surface area contributed by atoms with Crippen LogP contribution in [0.25, 0.3) is 0 Å². The number of rotatable bonds is 4. The van der Waals surface area contributed by atoms with Crippen LogP contribution in [0.3, 0.4) is 0 Å². The van der Waals surface area contributed by atoms with Crippen molar-refractivity contribution in [1.29, 1.82) is 0 Å². The Bertz CT molecular complexity index is 374. The minimum absolute atomic E-state index is 0.133. The molecule has 0 aliphatic carbocycles. The third-order valence-electron chi connectivity index (χ3n) is 2.69. The number of aliphatic hydroxyl groups excluding tert-OH is 1. The lowest BCUT2D eigenvalue weighted by Gasteiger charge is -2.26. The maximum Gasteiger partial charge on any atom is 0.120 e. The number of phenols is 1. The number of halogens is 1. The van der Waals surface area contributed by atoms with Crippen molar-refractivity contribution in [2.75, 3.05) is 6.54 Å². The summed E-state index contributed by atoms with van der Waals surface area (Å²) in [6.07, 6.45) is -0.406. The topological polar surface area (TPSA) is 52.5 Å². The van der Waals surface area contributed by atoms with Gasteiger partial charge in [-0.25, -0.2) is 0 Å². The molecule has 0 saturated carbocycles. The lowest BCUT2D eigenvalue weighted by Crippen LogP contribution is -2.36. The first-order valence-corrected chi connectivity index (χ1v) is 6.46. The second-order valence-electron chi connectivity index (χ2n) is 5.29. The molecule has 0 aromatic heterocycles. The van der Waals surface area contributed by atoms with Gasteiger partial charge in [0.25, 0.3) is 0 Å². The molecule has 1 aromatic rings. The molecule has 0 bridgehead atoms. The third kappa shape index (κ3) is 4.66. The summed E-state index contributed by atoms with van der Waals surface area (Å²) in [4.78, 5) is 0. The van der Waals surface area contributed by atoms with Crippen molar-refractivity contribution in [3.63, 3.8) is 0 Å². The van der Waals surface area contributed by atoms with E-state index in [1.165, 1.54) is 0 Å². The molecule has 0 radical (unpaired) electrons. The summed E-state index contributed by atoms with van der Waals surface area (Å²) in [6, 6.07) is 5.32. The first-order chi connectivity index (χ1) is 7.80. The van der Waals surface area contributed by atoms with Crippen molar-refractivity contribution in [2.24, 2.45) is 5.41 Å². The average molecular weight is 302 g/mol. The fraction of sp³-hybridized carbons (Fsp3) is 0.538. The quantitative estimate of drug-likeness (QED) is 0.801. The number of benzene rings is 1. The van der Waals surface area contributed by atoms with Gasteiger partial charge in [-0.05, 0) is 23.6 Å². The Morgan fingerprint density at radius 1 is 1.35 bits per heavy atom. The molecule has 0 aliphatic rings. The fourth-order valence-corrected chi connectivity index (χ4v) is 1.75. The van der Waals surface area contributed by atoms with E-state index in [0.29, 0.717) is 13.1 Å². The molecular weight excluding hydrogens is 282 g/mol. The zero-order valence-corrected chi connectivity index (χ0v) is 12.1. The summed E-state index contributed by atoms with van der Waals surface area (Å²) in [7, 11) is 0. The molecule has 3 nitrogen and oxygen atoms in total. The van der Waals surface area contributed by atoms with Gasteiger partial charge in [0, 0.05) is 23.1 Å². The largest absolute Gasteiger partial charge is 0.508 e. The third-order valence-corrected chi connectivity index (χ3v) is 3.19. The summed E-state index contributed by atoms with van der Waals surface area (Å²) in [5.41, 5.74) is 0.687. The van der Waals surface area contributed by atoms with Crippen LogP contribution in [0.15, 0.2) is 22.7 Å². The van der Waals surface area contributed by atoms with E-state index in [9.17, 15) is 10.2 Å². The first kappa shape index (κ1) is 14.5. The van der Waals surface area contributed by atoms with E-state index in [1.807, 2.05) is 26.8 Å². The predicted octanol–water partition coefficient (Wildman–Crippen LogP) is 2.65. The van der Waals surface area contributed by atoms with E-state index in [1.54, 1.807) is 12.1 Å². The van der Waals surface area contributed by atoms with E-state index >= 15 is 0 Å². The molecule has 17 heavy (non-hydrogen) atoms. The minimum Gasteiger partial charge on any atom is -0.508 e. The molecule has 3 N–H and O–H groups in total. The van der Waals surface area contributed by atoms with Crippen molar-refractivity contribution >= 4 is 15.9 Å². The maximum absolute atomic E-state index is 9.85. The Balaban J connectivity index is 2.49. The first-order valence-electron chi connectivity index (χ1n) is 5.67. The number of phenolic OH excluding ortho intramolecular Hbond substituents is 1. The molecule has 0 heterocycles. The van der Waals surface area contributed by atoms with E-state index in [0.717, 1.165) is 10.0 Å². The number of aliphatic hydroxyl groups is 1. The standard InChI is InChI=1S/C13H20BrNO2/c1-13(2,3)12(17)8-15-7-9-6-10(14)4-5-11(9)16/h4-6,12,15-17H,7-8H2,1-3H3. The lowest BCUT2D eigenvalue weighted by atomic mass is 9.89. The van der Waals surface area contributed by atoms with Gasteiger partial charge in [-0.3, -0.25) is 0 Å². The molecule has 1 rings (SSSR count). The Morgan fingerprint density at radius 2 is 2.00 bits per heavy atom. The van der Waals surface area contributed by atoms with Crippen molar-refractivity contribution in [3.8, 4) is 5.75 Å². The molecule has 0 aliphatic heterocycles. The van der Waals surface area contributed by atoms with Gasteiger partial charge in [0.2, 0.25) is 0 Å². The van der Waals surface area contributed by atoms with Crippen LogP contribution in [0.1, 0.15) is 26.3 Å². The summed E-state index contributed by atoms with van der Waals surface area (Å²) in [6.45, 7) is 7.04. The number of nitrogens with one attached hydrogen (secondary N) is 1. The van der Waals surface area contributed by atoms with E-state index in [4.69, 9.17) is 0 Å². The second-order valence-corrected chi connectivity index (χ2v) is 6.20. The van der Waals surface area contributed by atoms with Crippen molar-refractivity contribution < 1.29 is 10.2 Å². The Morgan fingerprint density at radius 3 is 2.59 bits per heavy atom. The Kier molecular flexibility index (Phi) is 4.98. The number of hydrogen-bond acceptors (Lipinski definition) is 3. The number of aromatic hydroxyl groups is 1. The molecular formula is C13H20BrNO2. The molecule has 0 spiro atoms. The molecule has 1 atom stereocenters. The highest BCUT2D eigenvalue weighted by molar-refractivity contribution is 9.10. The average Bonchev–Trinajstić information content (AvgIpc) is 2.21. The van der Waals surface area contributed by atoms with Crippen LogP contribution in [0.5, 0.6) is 5.75 Å². The highest BCUT2D eigenvalue weighted by Gasteiger charge is 2.21. The zero-order valence-electron chi connectivity index (χ0n) is 10.5. The monoisotopic (exact) mass is 301 g/mol. The molecule has 0 saturated heterocycles. The summed E-state index contributed by atoms with van der Waals surface area (Å²) in [5, 5.41) is 22.6. The molecule has 96 valence electrons. The van der Waals surface area contributed by atoms with Gasteiger partial charge in [-0.2, -0.15) is 0 Å². The normalized spacial score (nSPS) is 13.7. The molecule has 0 amide bonds. The Labute approximate surface area is 111 Å². The fourth-order valence-electron chi connectivity index (χ4n) is 1.35. The van der Waals surface area contributed by atoms with Gasteiger partial charge < -0.3 is 15.5 Å². The van der Waals surface area contributed by atoms with Gasteiger partial charge in [0.15, 0.2) is 0 Å². The predicted molar refractivity (Wildman–Crippen MR) is 73.0 cm³/mol. The Hall–Kier alpha value is -0.580. The molecule has 0 fully saturated rings. The van der Waals surface area contributed by atoms with Crippen LogP contribution in [0, 0.1) is 5.41 Å². The van der Waals surface area contributed by atoms with Gasteiger partial charge in [-0.15, -0.1) is 0 Å². The van der Waals surface area contributed by atoms with Gasteiger partial charge in [0.1, 0.15) is 5.75 Å². The van der Waals surface area contributed by atoms with Gasteiger partial charge in [0.05, 0.1) is 6.10 Å². The summed E-state index contributed by atoms with van der Waals surface area (Å²) in [5.74, 6) is 0.269. The van der Waals surface area contributed by atoms with Gasteiger partial charge in [-0.1, -0.05) is 36.7 Å². The van der Waals surface area contributed by atoms with Crippen LogP contribution in [0.2, 0.25) is 0 Å². The van der Waals surface area contributed by atoms with Crippen LogP contribution in [0.4, 0.5) is 0 Å². The van der Waals surface area contributed by atoms with E-state index < -0.39 is 6.10 Å². The van der Waals surface area contributed by atoms with Crippen LogP contribution in [-0.2, 0) is 6.54 Å².